The summed E-state index contributed by atoms with van der Waals surface area (Å²) in [6.07, 6.45) is 3.33. The maximum absolute atomic E-state index is 12.0. The molecule has 4 heteroatoms. The number of nitrogens with one attached hydrogen (secondary N) is 1. The summed E-state index contributed by atoms with van der Waals surface area (Å²) in [6.45, 7) is 1.00. The molecule has 0 bridgehead atoms. The summed E-state index contributed by atoms with van der Waals surface area (Å²) in [4.78, 5) is 13.9. The minimum absolute atomic E-state index is 0.102. The van der Waals surface area contributed by atoms with Crippen molar-refractivity contribution in [3.63, 3.8) is 0 Å². The zero-order valence-electron chi connectivity index (χ0n) is 8.66. The fourth-order valence-corrected chi connectivity index (χ4v) is 3.42. The van der Waals surface area contributed by atoms with Gasteiger partial charge in [-0.1, -0.05) is 0 Å². The molecule has 2 heterocycles. The van der Waals surface area contributed by atoms with Crippen LogP contribution in [0.2, 0.25) is 0 Å². The molecule has 2 saturated heterocycles. The van der Waals surface area contributed by atoms with E-state index in [1.54, 1.807) is 0 Å². The number of amides is 1. The third-order valence-corrected chi connectivity index (χ3v) is 4.30. The van der Waals surface area contributed by atoms with Gasteiger partial charge in [0.05, 0.1) is 6.04 Å². The Hall–Kier alpha value is -0.220. The van der Waals surface area contributed by atoms with Crippen molar-refractivity contribution in [1.29, 1.82) is 0 Å². The van der Waals surface area contributed by atoms with E-state index in [2.05, 4.69) is 5.32 Å². The highest BCUT2D eigenvalue weighted by atomic mass is 32.2. The summed E-state index contributed by atoms with van der Waals surface area (Å²) in [5.41, 5.74) is 0. The van der Waals surface area contributed by atoms with E-state index in [4.69, 9.17) is 0 Å². The minimum Gasteiger partial charge on any atom is -0.341 e. The van der Waals surface area contributed by atoms with E-state index in [0.717, 1.165) is 25.1 Å². The summed E-state index contributed by atoms with van der Waals surface area (Å²) in [7, 11) is 1.96. The second-order valence-corrected chi connectivity index (χ2v) is 5.27. The SMILES string of the molecule is CN(C(=O)C1CCCN1)C1CCSC1. The van der Waals surface area contributed by atoms with E-state index >= 15 is 0 Å². The highest BCUT2D eigenvalue weighted by Crippen LogP contribution is 2.22. The van der Waals surface area contributed by atoms with Gasteiger partial charge in [0, 0.05) is 18.8 Å². The molecule has 0 spiro atoms. The number of nitrogens with zero attached hydrogens (tertiary/aromatic N) is 1. The molecule has 0 aromatic heterocycles. The van der Waals surface area contributed by atoms with Gasteiger partial charge in [-0.05, 0) is 31.6 Å². The highest BCUT2D eigenvalue weighted by molar-refractivity contribution is 7.99. The molecule has 0 radical (unpaired) electrons. The number of likely N-dealkylation sites (N-methyl/N-ethyl adjacent to an activating group) is 1. The topological polar surface area (TPSA) is 32.3 Å². The van der Waals surface area contributed by atoms with Crippen LogP contribution in [-0.2, 0) is 4.79 Å². The molecule has 0 aromatic carbocycles. The monoisotopic (exact) mass is 214 g/mol. The lowest BCUT2D eigenvalue weighted by atomic mass is 10.1. The van der Waals surface area contributed by atoms with Crippen molar-refractivity contribution in [2.75, 3.05) is 25.1 Å². The van der Waals surface area contributed by atoms with E-state index in [0.29, 0.717) is 11.9 Å². The number of carbonyl (C=O) groups excluding carboxylic acids is 1. The maximum atomic E-state index is 12.0. The molecule has 2 unspecified atom stereocenters. The van der Waals surface area contributed by atoms with Crippen LogP contribution in [0.1, 0.15) is 19.3 Å². The van der Waals surface area contributed by atoms with E-state index < -0.39 is 0 Å². The van der Waals surface area contributed by atoms with Crippen LogP contribution in [0.5, 0.6) is 0 Å². The van der Waals surface area contributed by atoms with Gasteiger partial charge in [0.15, 0.2) is 0 Å². The van der Waals surface area contributed by atoms with Crippen LogP contribution in [0.15, 0.2) is 0 Å². The molecule has 3 nitrogen and oxygen atoms in total. The second kappa shape index (κ2) is 4.53. The Kier molecular flexibility index (Phi) is 3.34. The van der Waals surface area contributed by atoms with E-state index in [9.17, 15) is 4.79 Å². The van der Waals surface area contributed by atoms with Crippen LogP contribution in [0.3, 0.4) is 0 Å². The lowest BCUT2D eigenvalue weighted by Crippen LogP contribution is -2.46. The predicted octanol–water partition coefficient (Wildman–Crippen LogP) is 0.702. The lowest BCUT2D eigenvalue weighted by molar-refractivity contribution is -0.133. The molecule has 1 amide bonds. The molecule has 2 aliphatic rings. The smallest absolute Gasteiger partial charge is 0.239 e. The number of rotatable bonds is 2. The third-order valence-electron chi connectivity index (χ3n) is 3.16. The van der Waals surface area contributed by atoms with Gasteiger partial charge in [-0.3, -0.25) is 4.79 Å². The van der Waals surface area contributed by atoms with E-state index in [1.807, 2.05) is 23.7 Å². The normalized spacial score (nSPS) is 32.1. The third kappa shape index (κ3) is 2.06. The Labute approximate surface area is 89.6 Å². The molecule has 80 valence electrons. The van der Waals surface area contributed by atoms with Crippen LogP contribution in [-0.4, -0.2) is 48.0 Å². The van der Waals surface area contributed by atoms with Gasteiger partial charge in [-0.25, -0.2) is 0 Å². The van der Waals surface area contributed by atoms with Gasteiger partial charge in [-0.15, -0.1) is 0 Å². The lowest BCUT2D eigenvalue weighted by Gasteiger charge is -2.26. The maximum Gasteiger partial charge on any atom is 0.239 e. The number of hydrogen-bond donors (Lipinski definition) is 1. The fraction of sp³-hybridized carbons (Fsp3) is 0.900. The molecule has 0 saturated carbocycles. The van der Waals surface area contributed by atoms with Crippen molar-refractivity contribution in [1.82, 2.24) is 10.2 Å². The van der Waals surface area contributed by atoms with Crippen LogP contribution >= 0.6 is 11.8 Å². The second-order valence-electron chi connectivity index (χ2n) is 4.12. The summed E-state index contributed by atoms with van der Waals surface area (Å²) >= 11 is 1.96. The summed E-state index contributed by atoms with van der Waals surface area (Å²) < 4.78 is 0. The first-order valence-electron chi connectivity index (χ1n) is 5.37. The zero-order chi connectivity index (χ0) is 9.97. The first-order chi connectivity index (χ1) is 6.79. The van der Waals surface area contributed by atoms with Crippen LogP contribution < -0.4 is 5.32 Å². The summed E-state index contributed by atoms with van der Waals surface area (Å²) in [5, 5.41) is 3.26. The van der Waals surface area contributed by atoms with Crippen LogP contribution in [0.4, 0.5) is 0 Å². The predicted molar refractivity (Wildman–Crippen MR) is 59.5 cm³/mol. The van der Waals surface area contributed by atoms with Gasteiger partial charge < -0.3 is 10.2 Å². The molecule has 2 aliphatic heterocycles. The molecule has 14 heavy (non-hydrogen) atoms. The van der Waals surface area contributed by atoms with E-state index in [-0.39, 0.29) is 6.04 Å². The molecule has 0 aromatic rings. The van der Waals surface area contributed by atoms with Crippen molar-refractivity contribution in [2.24, 2.45) is 0 Å². The standard InChI is InChI=1S/C10H18N2OS/c1-12(8-4-6-14-7-8)10(13)9-3-2-5-11-9/h8-9,11H,2-7H2,1H3. The van der Waals surface area contributed by atoms with Crippen molar-refractivity contribution in [2.45, 2.75) is 31.3 Å². The van der Waals surface area contributed by atoms with Crippen molar-refractivity contribution in [3.05, 3.63) is 0 Å². The summed E-state index contributed by atoms with van der Waals surface area (Å²) in [5.74, 6) is 2.63. The van der Waals surface area contributed by atoms with Crippen LogP contribution in [0.25, 0.3) is 0 Å². The largest absolute Gasteiger partial charge is 0.341 e. The van der Waals surface area contributed by atoms with Gasteiger partial charge >= 0.3 is 0 Å². The van der Waals surface area contributed by atoms with Gasteiger partial charge in [0.2, 0.25) is 5.91 Å². The Morgan fingerprint density at radius 2 is 2.36 bits per heavy atom. The van der Waals surface area contributed by atoms with Crippen molar-refractivity contribution in [3.8, 4) is 0 Å². The Balaban J connectivity index is 1.89. The van der Waals surface area contributed by atoms with Crippen molar-refractivity contribution < 1.29 is 4.79 Å². The molecular weight excluding hydrogens is 196 g/mol. The van der Waals surface area contributed by atoms with Crippen LogP contribution in [0, 0.1) is 0 Å². The Morgan fingerprint density at radius 3 is 2.93 bits per heavy atom. The fourth-order valence-electron chi connectivity index (χ4n) is 2.15. The Bertz CT molecular complexity index is 210. The molecule has 2 rings (SSSR count). The molecule has 0 aliphatic carbocycles. The number of carbonyl (C=O) groups is 1. The quantitative estimate of drug-likeness (QED) is 0.734. The highest BCUT2D eigenvalue weighted by Gasteiger charge is 2.30. The number of hydrogen-bond acceptors (Lipinski definition) is 3. The minimum atomic E-state index is 0.102. The van der Waals surface area contributed by atoms with Crippen molar-refractivity contribution >= 4 is 17.7 Å². The Morgan fingerprint density at radius 1 is 1.50 bits per heavy atom. The first kappa shape index (κ1) is 10.3. The van der Waals surface area contributed by atoms with Gasteiger partial charge in [0.1, 0.15) is 0 Å². The first-order valence-corrected chi connectivity index (χ1v) is 6.52. The molecule has 1 N–H and O–H groups in total. The van der Waals surface area contributed by atoms with Gasteiger partial charge in [-0.2, -0.15) is 11.8 Å². The summed E-state index contributed by atoms with van der Waals surface area (Å²) in [6, 6.07) is 0.584. The molecular formula is C10H18N2OS. The van der Waals surface area contributed by atoms with Gasteiger partial charge in [0.25, 0.3) is 0 Å². The zero-order valence-corrected chi connectivity index (χ0v) is 9.48. The number of thioether (sulfide) groups is 1. The molecule has 2 fully saturated rings. The average molecular weight is 214 g/mol. The molecule has 2 atom stereocenters. The van der Waals surface area contributed by atoms with E-state index in [1.165, 1.54) is 12.2 Å². The average Bonchev–Trinajstić information content (AvgIpc) is 2.87.